The van der Waals surface area contributed by atoms with Gasteiger partial charge in [-0.2, -0.15) is 5.10 Å². The van der Waals surface area contributed by atoms with Gasteiger partial charge in [-0.15, -0.1) is 0 Å². The van der Waals surface area contributed by atoms with E-state index in [9.17, 15) is 4.39 Å². The zero-order valence-electron chi connectivity index (χ0n) is 16.1. The van der Waals surface area contributed by atoms with Gasteiger partial charge in [0.15, 0.2) is 0 Å². The Bertz CT molecular complexity index is 1020. The molecule has 2 aromatic heterocycles. The normalized spacial score (nSPS) is 26.1. The lowest BCUT2D eigenvalue weighted by molar-refractivity contribution is 0.321. The number of aromatic nitrogens is 4. The molecule has 1 aromatic carbocycles. The van der Waals surface area contributed by atoms with Crippen LogP contribution in [0.25, 0.3) is 17.2 Å². The van der Waals surface area contributed by atoms with Crippen molar-refractivity contribution in [1.82, 2.24) is 19.7 Å². The van der Waals surface area contributed by atoms with Gasteiger partial charge < -0.3 is 0 Å². The molecule has 29 heavy (non-hydrogen) atoms. The maximum atomic E-state index is 13.5. The van der Waals surface area contributed by atoms with Crippen LogP contribution in [0.5, 0.6) is 0 Å². The minimum atomic E-state index is -0.233. The van der Waals surface area contributed by atoms with Gasteiger partial charge in [0.1, 0.15) is 18.5 Å². The van der Waals surface area contributed by atoms with Gasteiger partial charge in [-0.25, -0.2) is 14.1 Å². The van der Waals surface area contributed by atoms with Crippen LogP contribution in [-0.4, -0.2) is 19.7 Å². The molecule has 2 aliphatic rings. The van der Waals surface area contributed by atoms with Gasteiger partial charge >= 0.3 is 0 Å². The third-order valence-electron chi connectivity index (χ3n) is 6.31. The highest BCUT2D eigenvalue weighted by atomic mass is 19.1. The molecule has 2 aliphatic carbocycles. The lowest BCUT2D eigenvalue weighted by Gasteiger charge is -2.25. The minimum absolute atomic E-state index is 0.233. The smallest absolute Gasteiger partial charge is 0.137 e. The summed E-state index contributed by atoms with van der Waals surface area (Å²) in [5, 5.41) is 4.42. The summed E-state index contributed by atoms with van der Waals surface area (Å²) in [6, 6.07) is 10.9. The van der Waals surface area contributed by atoms with Crippen molar-refractivity contribution in [3.8, 4) is 11.1 Å². The first-order chi connectivity index (χ1) is 14.3. The van der Waals surface area contributed by atoms with E-state index < -0.39 is 0 Å². The first-order valence-corrected chi connectivity index (χ1v) is 10.2. The quantitative estimate of drug-likeness (QED) is 0.569. The van der Waals surface area contributed by atoms with Crippen molar-refractivity contribution < 1.29 is 4.39 Å². The number of halogens is 1. The Morgan fingerprint density at radius 3 is 2.79 bits per heavy atom. The second-order valence-corrected chi connectivity index (χ2v) is 7.96. The second kappa shape index (κ2) is 7.74. The number of allylic oxidation sites excluding steroid dienone is 3. The Morgan fingerprint density at radius 2 is 2.00 bits per heavy atom. The van der Waals surface area contributed by atoms with Crippen LogP contribution in [0.15, 0.2) is 73.5 Å². The van der Waals surface area contributed by atoms with Crippen molar-refractivity contribution in [3.63, 3.8) is 0 Å². The number of pyridine rings is 1. The van der Waals surface area contributed by atoms with Crippen LogP contribution >= 0.6 is 0 Å². The largest absolute Gasteiger partial charge is 0.256 e. The number of nitrogens with zero attached hydrogens (tertiary/aromatic N) is 4. The molecule has 0 radical (unpaired) electrons. The summed E-state index contributed by atoms with van der Waals surface area (Å²) in [5.74, 6) is 1.52. The number of rotatable bonds is 4. The summed E-state index contributed by atoms with van der Waals surface area (Å²) in [6.45, 7) is 0. The summed E-state index contributed by atoms with van der Waals surface area (Å²) in [6.07, 6.45) is 17.7. The summed E-state index contributed by atoms with van der Waals surface area (Å²) < 4.78 is 15.5. The third kappa shape index (κ3) is 3.65. The van der Waals surface area contributed by atoms with E-state index in [1.54, 1.807) is 12.4 Å². The third-order valence-corrected chi connectivity index (χ3v) is 6.31. The lowest BCUT2D eigenvalue weighted by atomic mass is 9.81. The van der Waals surface area contributed by atoms with E-state index in [2.05, 4.69) is 39.4 Å². The lowest BCUT2D eigenvalue weighted by Crippen LogP contribution is -2.19. The second-order valence-electron chi connectivity index (χ2n) is 7.96. The fourth-order valence-corrected chi connectivity index (χ4v) is 4.88. The SMILES string of the molecule is Fc1cccc(-c2ccc(C=C[C@H]3[C@H]4CC=CC[C@@H]4C[C@H]3n3cncn3)nc2)c1. The molecule has 2 heterocycles. The van der Waals surface area contributed by atoms with Crippen LogP contribution in [0.4, 0.5) is 4.39 Å². The Hall–Kier alpha value is -3.08. The van der Waals surface area contributed by atoms with E-state index in [1.807, 2.05) is 35.4 Å². The van der Waals surface area contributed by atoms with Crippen molar-refractivity contribution in [2.24, 2.45) is 17.8 Å². The van der Waals surface area contributed by atoms with Crippen LogP contribution in [0.1, 0.15) is 31.0 Å². The van der Waals surface area contributed by atoms with Gasteiger partial charge in [0.2, 0.25) is 0 Å². The van der Waals surface area contributed by atoms with Crippen molar-refractivity contribution in [1.29, 1.82) is 0 Å². The van der Waals surface area contributed by atoms with Gasteiger partial charge in [-0.05, 0) is 60.9 Å². The van der Waals surface area contributed by atoms with Gasteiger partial charge in [0, 0.05) is 17.7 Å². The van der Waals surface area contributed by atoms with Crippen molar-refractivity contribution in [2.75, 3.05) is 0 Å². The molecule has 0 unspecified atom stereocenters. The standard InChI is InChI=1S/C24H23FN4/c25-20-6-3-5-17(12-20)19-8-9-21(27-14-19)10-11-23-22-7-2-1-4-18(22)13-24(23)29-16-26-15-28-29/h1-3,5-6,8-12,14-16,18,22-24H,4,7,13H2/t18-,22+,23+,24-/m1/s1. The highest BCUT2D eigenvalue weighted by Crippen LogP contribution is 2.50. The highest BCUT2D eigenvalue weighted by molar-refractivity contribution is 5.63. The Balaban J connectivity index is 1.38. The molecule has 1 saturated carbocycles. The van der Waals surface area contributed by atoms with Crippen LogP contribution < -0.4 is 0 Å². The van der Waals surface area contributed by atoms with Gasteiger partial charge in [0.05, 0.1) is 11.7 Å². The molecular formula is C24H23FN4. The predicted octanol–water partition coefficient (Wildman–Crippen LogP) is 5.34. The van der Waals surface area contributed by atoms with Gasteiger partial charge in [-0.3, -0.25) is 4.98 Å². The average Bonchev–Trinajstić information content (AvgIpc) is 3.40. The van der Waals surface area contributed by atoms with Gasteiger partial charge in [-0.1, -0.05) is 36.4 Å². The number of fused-ring (bicyclic) bond motifs is 1. The molecule has 0 aliphatic heterocycles. The number of hydrogen-bond donors (Lipinski definition) is 0. The van der Waals surface area contributed by atoms with Crippen LogP contribution in [0.3, 0.4) is 0 Å². The minimum Gasteiger partial charge on any atom is -0.256 e. The summed E-state index contributed by atoms with van der Waals surface area (Å²) in [7, 11) is 0. The highest BCUT2D eigenvalue weighted by Gasteiger charge is 2.42. The maximum Gasteiger partial charge on any atom is 0.137 e. The molecule has 0 amide bonds. The molecule has 5 heteroatoms. The zero-order chi connectivity index (χ0) is 19.6. The monoisotopic (exact) mass is 386 g/mol. The van der Waals surface area contributed by atoms with E-state index >= 15 is 0 Å². The van der Waals surface area contributed by atoms with E-state index in [4.69, 9.17) is 0 Å². The number of benzene rings is 1. The van der Waals surface area contributed by atoms with Crippen LogP contribution in [0.2, 0.25) is 0 Å². The van der Waals surface area contributed by atoms with Crippen molar-refractivity contribution >= 4 is 6.08 Å². The van der Waals surface area contributed by atoms with E-state index in [1.165, 1.54) is 12.1 Å². The first-order valence-electron chi connectivity index (χ1n) is 10.2. The van der Waals surface area contributed by atoms with Crippen LogP contribution in [-0.2, 0) is 0 Å². The molecule has 4 nitrogen and oxygen atoms in total. The van der Waals surface area contributed by atoms with Crippen LogP contribution in [0, 0.1) is 23.6 Å². The fourth-order valence-electron chi connectivity index (χ4n) is 4.88. The summed E-state index contributed by atoms with van der Waals surface area (Å²) >= 11 is 0. The molecule has 146 valence electrons. The Morgan fingerprint density at radius 1 is 1.07 bits per heavy atom. The molecule has 3 aromatic rings. The average molecular weight is 386 g/mol. The fraction of sp³-hybridized carbons (Fsp3) is 0.292. The topological polar surface area (TPSA) is 43.6 Å². The molecule has 0 spiro atoms. The summed E-state index contributed by atoms with van der Waals surface area (Å²) in [4.78, 5) is 8.73. The molecule has 0 saturated heterocycles. The molecule has 4 atom stereocenters. The molecule has 0 bridgehead atoms. The molecule has 5 rings (SSSR count). The number of hydrogen-bond acceptors (Lipinski definition) is 3. The molecule has 0 N–H and O–H groups in total. The maximum absolute atomic E-state index is 13.5. The van der Waals surface area contributed by atoms with E-state index in [-0.39, 0.29) is 5.82 Å². The Kier molecular flexibility index (Phi) is 4.80. The van der Waals surface area contributed by atoms with Gasteiger partial charge in [0.25, 0.3) is 0 Å². The van der Waals surface area contributed by atoms with E-state index in [0.717, 1.165) is 36.1 Å². The van der Waals surface area contributed by atoms with E-state index in [0.29, 0.717) is 23.8 Å². The first kappa shape index (κ1) is 18.0. The van der Waals surface area contributed by atoms with Crippen molar-refractivity contribution in [2.45, 2.75) is 25.3 Å². The Labute approximate surface area is 169 Å². The zero-order valence-corrected chi connectivity index (χ0v) is 16.1. The van der Waals surface area contributed by atoms with Crippen molar-refractivity contribution in [3.05, 3.63) is 85.0 Å². The molecular weight excluding hydrogens is 363 g/mol. The predicted molar refractivity (Wildman–Crippen MR) is 111 cm³/mol. The summed E-state index contributed by atoms with van der Waals surface area (Å²) in [5.41, 5.74) is 2.67. The molecule has 1 fully saturated rings.